The van der Waals surface area contributed by atoms with Gasteiger partial charge in [-0.3, -0.25) is 0 Å². The Balaban J connectivity index is 1.85. The lowest BCUT2D eigenvalue weighted by molar-refractivity contribution is 0.312. The Hall–Kier alpha value is -1.20. The molecule has 1 aliphatic heterocycles. The molecule has 20 heavy (non-hydrogen) atoms. The molecule has 0 unspecified atom stereocenters. The largest absolute Gasteiger partial charge is 0.353 e. The van der Waals surface area contributed by atoms with Crippen molar-refractivity contribution >= 4 is 27.4 Å². The lowest BCUT2D eigenvalue weighted by Gasteiger charge is -2.33. The molecule has 3 heterocycles. The number of hydrogen-bond donors (Lipinski definition) is 0. The van der Waals surface area contributed by atoms with Gasteiger partial charge in [0.1, 0.15) is 16.5 Å². The van der Waals surface area contributed by atoms with Gasteiger partial charge in [0.2, 0.25) is 0 Å². The minimum Gasteiger partial charge on any atom is -0.353 e. The Morgan fingerprint density at radius 3 is 2.65 bits per heavy atom. The average Bonchev–Trinajstić information content (AvgIpc) is 2.98. The van der Waals surface area contributed by atoms with Gasteiger partial charge >= 0.3 is 0 Å². The van der Waals surface area contributed by atoms with Gasteiger partial charge in [-0.2, -0.15) is 0 Å². The van der Waals surface area contributed by atoms with Crippen LogP contribution in [0.4, 0.5) is 5.82 Å². The van der Waals surface area contributed by atoms with Gasteiger partial charge in [-0.1, -0.05) is 0 Å². The summed E-state index contributed by atoms with van der Waals surface area (Å²) in [5, 5.41) is 1.36. The number of thiophene rings is 1. The van der Waals surface area contributed by atoms with Gasteiger partial charge in [0, 0.05) is 31.1 Å². The van der Waals surface area contributed by atoms with Crippen molar-refractivity contribution in [1.29, 1.82) is 0 Å². The topological polar surface area (TPSA) is 32.3 Å². The van der Waals surface area contributed by atoms with Crippen LogP contribution in [-0.4, -0.2) is 48.1 Å². The molecule has 1 saturated heterocycles. The summed E-state index contributed by atoms with van der Waals surface area (Å²) in [5.41, 5.74) is 1.54. The average molecular weight is 288 g/mol. The normalized spacial score (nSPS) is 19.8. The Kier molecular flexibility index (Phi) is 2.93. The second kappa shape index (κ2) is 4.67. The summed E-state index contributed by atoms with van der Waals surface area (Å²) in [6.45, 7) is 6.41. The van der Waals surface area contributed by atoms with Crippen LogP contribution in [0.15, 0.2) is 0 Å². The fourth-order valence-electron chi connectivity index (χ4n) is 3.33. The van der Waals surface area contributed by atoms with Gasteiger partial charge in [-0.05, 0) is 38.8 Å². The molecule has 2 aromatic heterocycles. The molecule has 0 saturated carbocycles. The molecule has 0 spiro atoms. The van der Waals surface area contributed by atoms with E-state index < -0.39 is 0 Å². The fraction of sp³-hybridized carbons (Fsp3) is 0.600. The SMILES string of the molecule is Cc1nc(N2CCN(C)CC2)c2c3c(sc2n1)CCC3. The van der Waals surface area contributed by atoms with Crippen molar-refractivity contribution in [3.63, 3.8) is 0 Å². The summed E-state index contributed by atoms with van der Waals surface area (Å²) in [7, 11) is 2.19. The maximum atomic E-state index is 4.80. The fourth-order valence-corrected chi connectivity index (χ4v) is 4.63. The Bertz CT molecular complexity index is 655. The van der Waals surface area contributed by atoms with E-state index in [1.54, 1.807) is 10.4 Å². The molecule has 0 atom stereocenters. The third kappa shape index (κ3) is 1.91. The van der Waals surface area contributed by atoms with Crippen molar-refractivity contribution in [3.8, 4) is 0 Å². The molecule has 5 heteroatoms. The van der Waals surface area contributed by atoms with Gasteiger partial charge < -0.3 is 9.80 Å². The number of likely N-dealkylation sites (N-methyl/N-ethyl adjacent to an activating group) is 1. The molecule has 0 aromatic carbocycles. The maximum Gasteiger partial charge on any atom is 0.141 e. The van der Waals surface area contributed by atoms with E-state index in [1.165, 1.54) is 35.3 Å². The Morgan fingerprint density at radius 1 is 1.05 bits per heavy atom. The van der Waals surface area contributed by atoms with E-state index in [0.29, 0.717) is 0 Å². The zero-order chi connectivity index (χ0) is 13.7. The van der Waals surface area contributed by atoms with Crippen LogP contribution in [0, 0.1) is 6.92 Å². The highest BCUT2D eigenvalue weighted by atomic mass is 32.1. The van der Waals surface area contributed by atoms with Crippen LogP contribution in [-0.2, 0) is 12.8 Å². The molecule has 1 fully saturated rings. The number of aryl methyl sites for hydroxylation is 3. The smallest absolute Gasteiger partial charge is 0.141 e. The molecule has 2 aromatic rings. The van der Waals surface area contributed by atoms with E-state index in [1.807, 2.05) is 18.3 Å². The first-order chi connectivity index (χ1) is 9.72. The number of aromatic nitrogens is 2. The van der Waals surface area contributed by atoms with Crippen LogP contribution in [0.3, 0.4) is 0 Å². The molecule has 0 N–H and O–H groups in total. The minimum atomic E-state index is 0.909. The quantitative estimate of drug-likeness (QED) is 0.805. The second-order valence-electron chi connectivity index (χ2n) is 5.92. The first kappa shape index (κ1) is 12.5. The van der Waals surface area contributed by atoms with Gasteiger partial charge in [0.05, 0.1) is 5.39 Å². The maximum absolute atomic E-state index is 4.80. The molecule has 0 bridgehead atoms. The number of rotatable bonds is 1. The zero-order valence-electron chi connectivity index (χ0n) is 12.1. The van der Waals surface area contributed by atoms with Crippen LogP contribution in [0.25, 0.3) is 10.2 Å². The highest BCUT2D eigenvalue weighted by molar-refractivity contribution is 7.19. The molecular weight excluding hydrogens is 268 g/mol. The van der Waals surface area contributed by atoms with E-state index in [4.69, 9.17) is 4.98 Å². The molecule has 106 valence electrons. The summed E-state index contributed by atoms with van der Waals surface area (Å²) >= 11 is 1.89. The Morgan fingerprint density at radius 2 is 1.85 bits per heavy atom. The predicted molar refractivity (Wildman–Crippen MR) is 83.9 cm³/mol. The van der Waals surface area contributed by atoms with Gasteiger partial charge in [-0.15, -0.1) is 11.3 Å². The molecule has 1 aliphatic carbocycles. The number of nitrogens with zero attached hydrogens (tertiary/aromatic N) is 4. The predicted octanol–water partition coefficient (Wildman–Crippen LogP) is 2.24. The third-order valence-electron chi connectivity index (χ3n) is 4.46. The number of anilines is 1. The van der Waals surface area contributed by atoms with Gasteiger partial charge in [0.25, 0.3) is 0 Å². The van der Waals surface area contributed by atoms with Crippen LogP contribution in [0.2, 0.25) is 0 Å². The van der Waals surface area contributed by atoms with Crippen LogP contribution >= 0.6 is 11.3 Å². The highest BCUT2D eigenvalue weighted by Gasteiger charge is 2.25. The van der Waals surface area contributed by atoms with Crippen LogP contribution < -0.4 is 4.90 Å². The molecule has 0 amide bonds. The molecule has 4 rings (SSSR count). The molecule has 4 nitrogen and oxygen atoms in total. The van der Waals surface area contributed by atoms with Gasteiger partial charge in [0.15, 0.2) is 0 Å². The molecule has 2 aliphatic rings. The van der Waals surface area contributed by atoms with Crippen molar-refractivity contribution in [1.82, 2.24) is 14.9 Å². The minimum absolute atomic E-state index is 0.909. The summed E-state index contributed by atoms with van der Waals surface area (Å²) in [4.78, 5) is 17.1. The van der Waals surface area contributed by atoms with E-state index in [-0.39, 0.29) is 0 Å². The van der Waals surface area contributed by atoms with E-state index in [2.05, 4.69) is 21.8 Å². The third-order valence-corrected chi connectivity index (χ3v) is 5.65. The second-order valence-corrected chi connectivity index (χ2v) is 7.01. The summed E-state index contributed by atoms with van der Waals surface area (Å²) in [5.74, 6) is 2.10. The highest BCUT2D eigenvalue weighted by Crippen LogP contribution is 2.40. The van der Waals surface area contributed by atoms with E-state index >= 15 is 0 Å². The van der Waals surface area contributed by atoms with Crippen molar-refractivity contribution < 1.29 is 0 Å². The van der Waals surface area contributed by atoms with Crippen molar-refractivity contribution in [2.75, 3.05) is 38.1 Å². The van der Waals surface area contributed by atoms with Crippen LogP contribution in [0.5, 0.6) is 0 Å². The van der Waals surface area contributed by atoms with E-state index in [9.17, 15) is 0 Å². The van der Waals surface area contributed by atoms with Crippen molar-refractivity contribution in [2.45, 2.75) is 26.2 Å². The summed E-state index contributed by atoms with van der Waals surface area (Å²) in [6, 6.07) is 0. The van der Waals surface area contributed by atoms with E-state index in [0.717, 1.165) is 32.0 Å². The number of piperazine rings is 1. The standard InChI is InChI=1S/C15H20N4S/c1-10-16-14(19-8-6-18(2)7-9-19)13-11-4-3-5-12(11)20-15(13)17-10/h3-9H2,1-2H3. The van der Waals surface area contributed by atoms with Crippen molar-refractivity contribution in [3.05, 3.63) is 16.3 Å². The monoisotopic (exact) mass is 288 g/mol. The number of hydrogen-bond acceptors (Lipinski definition) is 5. The lowest BCUT2D eigenvalue weighted by Crippen LogP contribution is -2.45. The zero-order valence-corrected chi connectivity index (χ0v) is 13.0. The first-order valence-corrected chi connectivity index (χ1v) is 8.26. The lowest BCUT2D eigenvalue weighted by atomic mass is 10.1. The molecule has 0 radical (unpaired) electrons. The van der Waals surface area contributed by atoms with Gasteiger partial charge in [-0.25, -0.2) is 9.97 Å². The molecular formula is C15H20N4S. The summed E-state index contributed by atoms with van der Waals surface area (Å²) < 4.78 is 0. The summed E-state index contributed by atoms with van der Waals surface area (Å²) in [6.07, 6.45) is 3.74. The number of fused-ring (bicyclic) bond motifs is 3. The Labute approximate surface area is 123 Å². The van der Waals surface area contributed by atoms with Crippen LogP contribution in [0.1, 0.15) is 22.7 Å². The first-order valence-electron chi connectivity index (χ1n) is 7.45. The van der Waals surface area contributed by atoms with Crippen molar-refractivity contribution in [2.24, 2.45) is 0 Å².